The number of aliphatic hydroxyl groups excluding tert-OH is 1. The highest BCUT2D eigenvalue weighted by Gasteiger charge is 2.46. The molecule has 0 radical (unpaired) electrons. The number of hydrogen-bond donors (Lipinski definition) is 1. The summed E-state index contributed by atoms with van der Waals surface area (Å²) in [5, 5.41) is 9.85. The van der Waals surface area contributed by atoms with Crippen LogP contribution in [0.1, 0.15) is 43.2 Å². The van der Waals surface area contributed by atoms with E-state index in [0.717, 1.165) is 32.1 Å². The van der Waals surface area contributed by atoms with E-state index >= 15 is 0 Å². The lowest BCUT2D eigenvalue weighted by Crippen LogP contribution is -2.47. The molecular weight excluding hydrogens is 286 g/mol. The van der Waals surface area contributed by atoms with Crippen molar-refractivity contribution in [2.24, 2.45) is 0 Å². The number of nitrogens with zero attached hydrogens (tertiary/aromatic N) is 1. The predicted octanol–water partition coefficient (Wildman–Crippen LogP) is 1.85. The van der Waals surface area contributed by atoms with Gasteiger partial charge in [0, 0.05) is 12.1 Å². The SMILES string of the molecule is O=S(=O)(c1ccc2c(c1)CCC2)N1C2CCC1CC(O)C2. The van der Waals surface area contributed by atoms with Crippen molar-refractivity contribution in [3.63, 3.8) is 0 Å². The molecule has 2 fully saturated rings. The molecule has 1 aromatic carbocycles. The van der Waals surface area contributed by atoms with Gasteiger partial charge in [0.25, 0.3) is 0 Å². The van der Waals surface area contributed by atoms with Gasteiger partial charge in [0.05, 0.1) is 11.0 Å². The molecule has 0 saturated carbocycles. The van der Waals surface area contributed by atoms with Crippen molar-refractivity contribution >= 4 is 10.0 Å². The van der Waals surface area contributed by atoms with Crippen LogP contribution in [0, 0.1) is 0 Å². The van der Waals surface area contributed by atoms with Gasteiger partial charge in [-0.3, -0.25) is 0 Å². The molecule has 114 valence electrons. The van der Waals surface area contributed by atoms with Crippen LogP contribution in [0.25, 0.3) is 0 Å². The molecule has 1 aliphatic carbocycles. The van der Waals surface area contributed by atoms with Crippen LogP contribution in [0.4, 0.5) is 0 Å². The third-order valence-electron chi connectivity index (χ3n) is 5.29. The lowest BCUT2D eigenvalue weighted by Gasteiger charge is -2.36. The molecule has 5 heteroatoms. The molecule has 0 aromatic heterocycles. The molecule has 1 N–H and O–H groups in total. The number of piperidine rings is 1. The quantitative estimate of drug-likeness (QED) is 0.907. The number of sulfonamides is 1. The second-order valence-electron chi connectivity index (χ2n) is 6.63. The fraction of sp³-hybridized carbons (Fsp3) is 0.625. The summed E-state index contributed by atoms with van der Waals surface area (Å²) < 4.78 is 27.7. The van der Waals surface area contributed by atoms with Gasteiger partial charge in [-0.25, -0.2) is 8.42 Å². The van der Waals surface area contributed by atoms with Crippen LogP contribution < -0.4 is 0 Å². The first kappa shape index (κ1) is 13.7. The fourth-order valence-electron chi connectivity index (χ4n) is 4.33. The van der Waals surface area contributed by atoms with Gasteiger partial charge in [-0.2, -0.15) is 4.31 Å². The third-order valence-corrected chi connectivity index (χ3v) is 7.29. The average Bonchev–Trinajstić information content (AvgIpc) is 3.01. The molecule has 2 heterocycles. The van der Waals surface area contributed by atoms with Crippen LogP contribution in [0.15, 0.2) is 23.1 Å². The zero-order valence-corrected chi connectivity index (χ0v) is 12.8. The minimum absolute atomic E-state index is 0.0167. The number of hydrogen-bond acceptors (Lipinski definition) is 3. The third kappa shape index (κ3) is 2.14. The molecule has 2 saturated heterocycles. The van der Waals surface area contributed by atoms with Gasteiger partial charge in [-0.15, -0.1) is 0 Å². The Morgan fingerprint density at radius 2 is 1.71 bits per heavy atom. The Labute approximate surface area is 125 Å². The lowest BCUT2D eigenvalue weighted by atomic mass is 10.0. The molecule has 0 amide bonds. The van der Waals surface area contributed by atoms with Crippen molar-refractivity contribution in [2.45, 2.75) is 68.0 Å². The number of rotatable bonds is 2. The smallest absolute Gasteiger partial charge is 0.243 e. The molecule has 2 unspecified atom stereocenters. The van der Waals surface area contributed by atoms with Crippen LogP contribution in [0.2, 0.25) is 0 Å². The summed E-state index contributed by atoms with van der Waals surface area (Å²) in [4.78, 5) is 0.441. The van der Waals surface area contributed by atoms with Crippen LogP contribution in [0.3, 0.4) is 0 Å². The Bertz CT molecular complexity index is 656. The van der Waals surface area contributed by atoms with Crippen LogP contribution in [-0.4, -0.2) is 36.0 Å². The Hall–Kier alpha value is -0.910. The highest BCUT2D eigenvalue weighted by molar-refractivity contribution is 7.89. The minimum Gasteiger partial charge on any atom is -0.393 e. The minimum atomic E-state index is -3.42. The standard InChI is InChI=1S/C16H21NO3S/c18-15-9-13-5-6-14(10-15)17(13)21(19,20)16-7-4-11-2-1-3-12(11)8-16/h4,7-8,13-15,18H,1-3,5-6,9-10H2. The largest absolute Gasteiger partial charge is 0.393 e. The summed E-state index contributed by atoms with van der Waals surface area (Å²) in [6.45, 7) is 0. The Morgan fingerprint density at radius 3 is 2.43 bits per heavy atom. The van der Waals surface area contributed by atoms with Crippen molar-refractivity contribution < 1.29 is 13.5 Å². The summed E-state index contributed by atoms with van der Waals surface area (Å²) in [6, 6.07) is 5.59. The van der Waals surface area contributed by atoms with E-state index in [1.165, 1.54) is 11.1 Å². The van der Waals surface area contributed by atoms with Crippen molar-refractivity contribution in [3.05, 3.63) is 29.3 Å². The predicted molar refractivity (Wildman–Crippen MR) is 79.5 cm³/mol. The number of aliphatic hydroxyl groups is 1. The van der Waals surface area contributed by atoms with Gasteiger partial charge in [0.15, 0.2) is 0 Å². The second-order valence-corrected chi connectivity index (χ2v) is 8.47. The van der Waals surface area contributed by atoms with E-state index in [9.17, 15) is 13.5 Å². The number of aryl methyl sites for hydroxylation is 2. The normalized spacial score (nSPS) is 32.3. The maximum atomic E-state index is 13.0. The second kappa shape index (κ2) is 4.80. The first-order valence-corrected chi connectivity index (χ1v) is 9.33. The molecule has 2 bridgehead atoms. The van der Waals surface area contributed by atoms with E-state index in [-0.39, 0.29) is 18.2 Å². The molecule has 1 aromatic rings. The van der Waals surface area contributed by atoms with E-state index in [1.54, 1.807) is 10.4 Å². The Balaban J connectivity index is 1.71. The van der Waals surface area contributed by atoms with E-state index < -0.39 is 10.0 Å². The molecule has 21 heavy (non-hydrogen) atoms. The first-order chi connectivity index (χ1) is 10.1. The van der Waals surface area contributed by atoms with Gasteiger partial charge >= 0.3 is 0 Å². The molecule has 0 spiro atoms. The molecular formula is C16H21NO3S. The number of fused-ring (bicyclic) bond motifs is 3. The van der Waals surface area contributed by atoms with Gasteiger partial charge in [-0.05, 0) is 68.2 Å². The molecule has 4 rings (SSSR count). The van der Waals surface area contributed by atoms with E-state index in [0.29, 0.717) is 17.7 Å². The van der Waals surface area contributed by atoms with Gasteiger partial charge in [0.2, 0.25) is 10.0 Å². The molecule has 4 nitrogen and oxygen atoms in total. The summed E-state index contributed by atoms with van der Waals surface area (Å²) in [5.41, 5.74) is 2.49. The van der Waals surface area contributed by atoms with E-state index in [4.69, 9.17) is 0 Å². The molecule has 2 aliphatic heterocycles. The topological polar surface area (TPSA) is 57.6 Å². The summed E-state index contributed by atoms with van der Waals surface area (Å²) in [7, 11) is -3.42. The van der Waals surface area contributed by atoms with Crippen molar-refractivity contribution in [1.29, 1.82) is 0 Å². The van der Waals surface area contributed by atoms with E-state index in [2.05, 4.69) is 0 Å². The zero-order chi connectivity index (χ0) is 14.6. The Kier molecular flexibility index (Phi) is 3.14. The van der Waals surface area contributed by atoms with Gasteiger partial charge < -0.3 is 5.11 Å². The monoisotopic (exact) mass is 307 g/mol. The maximum Gasteiger partial charge on any atom is 0.243 e. The van der Waals surface area contributed by atoms with E-state index in [1.807, 2.05) is 12.1 Å². The van der Waals surface area contributed by atoms with Crippen LogP contribution >= 0.6 is 0 Å². The maximum absolute atomic E-state index is 13.0. The highest BCUT2D eigenvalue weighted by Crippen LogP contribution is 2.40. The van der Waals surface area contributed by atoms with Gasteiger partial charge in [0.1, 0.15) is 0 Å². The molecule has 3 aliphatic rings. The highest BCUT2D eigenvalue weighted by atomic mass is 32.2. The van der Waals surface area contributed by atoms with Crippen LogP contribution in [0.5, 0.6) is 0 Å². The van der Waals surface area contributed by atoms with Crippen molar-refractivity contribution in [1.82, 2.24) is 4.31 Å². The summed E-state index contributed by atoms with van der Waals surface area (Å²) in [6.07, 6.45) is 5.77. The summed E-state index contributed by atoms with van der Waals surface area (Å²) in [5.74, 6) is 0. The van der Waals surface area contributed by atoms with Crippen molar-refractivity contribution in [2.75, 3.05) is 0 Å². The fourth-order valence-corrected chi connectivity index (χ4v) is 6.27. The molecule has 2 atom stereocenters. The first-order valence-electron chi connectivity index (χ1n) is 7.89. The Morgan fingerprint density at radius 1 is 1.05 bits per heavy atom. The lowest BCUT2D eigenvalue weighted by molar-refractivity contribution is 0.0769. The van der Waals surface area contributed by atoms with Gasteiger partial charge in [-0.1, -0.05) is 6.07 Å². The summed E-state index contributed by atoms with van der Waals surface area (Å²) >= 11 is 0. The van der Waals surface area contributed by atoms with Crippen molar-refractivity contribution in [3.8, 4) is 0 Å². The van der Waals surface area contributed by atoms with Crippen LogP contribution in [-0.2, 0) is 22.9 Å². The zero-order valence-electron chi connectivity index (χ0n) is 12.0. The number of benzene rings is 1. The average molecular weight is 307 g/mol.